The number of nitrogens with one attached hydrogen (secondary N) is 2. The van der Waals surface area contributed by atoms with Crippen molar-refractivity contribution < 1.29 is 17.9 Å². The van der Waals surface area contributed by atoms with Gasteiger partial charge in [-0.3, -0.25) is 0 Å². The maximum atomic E-state index is 12.1. The number of nitrogens with zero attached hydrogens (tertiary/aromatic N) is 3. The second-order valence-corrected chi connectivity index (χ2v) is 5.59. The van der Waals surface area contributed by atoms with Crippen molar-refractivity contribution in [3.63, 3.8) is 0 Å². The largest absolute Gasteiger partial charge is 0.462 e. The normalized spacial score (nSPS) is 13.6. The Morgan fingerprint density at radius 1 is 1.58 bits per heavy atom. The summed E-state index contributed by atoms with van der Waals surface area (Å²) < 4.78 is 31.8. The first-order valence-corrected chi connectivity index (χ1v) is 6.88. The highest BCUT2D eigenvalue weighted by molar-refractivity contribution is 7.89. The van der Waals surface area contributed by atoms with Gasteiger partial charge < -0.3 is 9.52 Å². The summed E-state index contributed by atoms with van der Waals surface area (Å²) in [5, 5.41) is 21.9. The van der Waals surface area contributed by atoms with Gasteiger partial charge in [0.1, 0.15) is 23.0 Å². The summed E-state index contributed by atoms with van der Waals surface area (Å²) in [5.74, 6) is 0.619. The number of rotatable bonds is 5. The van der Waals surface area contributed by atoms with E-state index in [1.165, 1.54) is 13.0 Å². The lowest BCUT2D eigenvalue weighted by Gasteiger charge is -2.09. The molecule has 0 saturated heterocycles. The van der Waals surface area contributed by atoms with Gasteiger partial charge in [0.15, 0.2) is 5.82 Å². The van der Waals surface area contributed by atoms with Crippen LogP contribution in [0.15, 0.2) is 15.4 Å². The first-order chi connectivity index (χ1) is 8.94. The predicted molar refractivity (Wildman–Crippen MR) is 62.3 cm³/mol. The molecule has 0 fully saturated rings. The third-order valence-corrected chi connectivity index (χ3v) is 4.10. The Labute approximate surface area is 109 Å². The number of aromatic nitrogens is 4. The van der Waals surface area contributed by atoms with Crippen molar-refractivity contribution in [2.24, 2.45) is 0 Å². The number of hydrogen-bond donors (Lipinski definition) is 3. The van der Waals surface area contributed by atoms with E-state index in [-0.39, 0.29) is 28.8 Å². The smallest absolute Gasteiger partial charge is 0.244 e. The monoisotopic (exact) mass is 287 g/mol. The molecule has 104 valence electrons. The maximum absolute atomic E-state index is 12.1. The number of aliphatic hydroxyl groups is 1. The Morgan fingerprint density at radius 3 is 2.84 bits per heavy atom. The number of aromatic amines is 1. The second kappa shape index (κ2) is 5.07. The second-order valence-electron chi connectivity index (χ2n) is 3.90. The van der Waals surface area contributed by atoms with E-state index in [1.54, 1.807) is 6.92 Å². The molecular weight excluding hydrogens is 274 g/mol. The van der Waals surface area contributed by atoms with E-state index in [2.05, 4.69) is 25.3 Å². The third kappa shape index (κ3) is 2.80. The average molecular weight is 287 g/mol. The van der Waals surface area contributed by atoms with Crippen molar-refractivity contribution >= 4 is 10.0 Å². The van der Waals surface area contributed by atoms with Crippen LogP contribution in [0.5, 0.6) is 0 Å². The van der Waals surface area contributed by atoms with Gasteiger partial charge in [0.2, 0.25) is 10.0 Å². The molecular formula is C9H13N5O4S. The number of aryl methyl sites for hydroxylation is 1. The zero-order valence-corrected chi connectivity index (χ0v) is 11.1. The lowest BCUT2D eigenvalue weighted by Crippen LogP contribution is -2.27. The quantitative estimate of drug-likeness (QED) is 0.683. The molecule has 2 rings (SSSR count). The summed E-state index contributed by atoms with van der Waals surface area (Å²) in [6, 6.07) is 0.635. The average Bonchev–Trinajstić information content (AvgIpc) is 2.96. The zero-order chi connectivity index (χ0) is 14.0. The van der Waals surface area contributed by atoms with Crippen molar-refractivity contribution in [1.29, 1.82) is 0 Å². The molecule has 2 aromatic heterocycles. The molecule has 0 aromatic carbocycles. The summed E-state index contributed by atoms with van der Waals surface area (Å²) in [7, 11) is -3.78. The fourth-order valence-corrected chi connectivity index (χ4v) is 2.98. The molecule has 3 N–H and O–H groups in total. The predicted octanol–water partition coefficient (Wildman–Crippen LogP) is -0.367. The van der Waals surface area contributed by atoms with E-state index in [0.717, 1.165) is 0 Å². The maximum Gasteiger partial charge on any atom is 0.244 e. The molecule has 0 radical (unpaired) electrons. The van der Waals surface area contributed by atoms with E-state index in [4.69, 9.17) is 9.52 Å². The minimum atomic E-state index is -3.78. The molecule has 0 spiro atoms. The molecule has 0 amide bonds. The summed E-state index contributed by atoms with van der Waals surface area (Å²) in [6.45, 7) is 2.73. The Kier molecular flexibility index (Phi) is 3.64. The molecule has 2 aromatic rings. The van der Waals surface area contributed by atoms with Gasteiger partial charge in [0.05, 0.1) is 6.04 Å². The SMILES string of the molecule is Cc1oc(CO)cc1S(=O)(=O)NC(C)c1nn[nH]n1. The summed E-state index contributed by atoms with van der Waals surface area (Å²) in [5.41, 5.74) is 0. The third-order valence-electron chi connectivity index (χ3n) is 2.45. The molecule has 1 atom stereocenters. The Bertz CT molecular complexity index is 648. The molecule has 0 aliphatic heterocycles. The Morgan fingerprint density at radius 2 is 2.32 bits per heavy atom. The van der Waals surface area contributed by atoms with Crippen molar-refractivity contribution in [3.8, 4) is 0 Å². The highest BCUT2D eigenvalue weighted by Crippen LogP contribution is 2.21. The molecule has 10 heteroatoms. The van der Waals surface area contributed by atoms with Crippen LogP contribution in [0.3, 0.4) is 0 Å². The standard InChI is InChI=1S/C9H13N5O4S/c1-5(9-10-13-14-11-9)12-19(16,17)8-3-7(4-15)18-6(8)2/h3,5,12,15H,4H2,1-2H3,(H,10,11,13,14). The van der Waals surface area contributed by atoms with Gasteiger partial charge in [0, 0.05) is 6.07 Å². The highest BCUT2D eigenvalue weighted by atomic mass is 32.2. The van der Waals surface area contributed by atoms with Crippen LogP contribution >= 0.6 is 0 Å². The number of sulfonamides is 1. The first-order valence-electron chi connectivity index (χ1n) is 5.40. The fraction of sp³-hybridized carbons (Fsp3) is 0.444. The number of aliphatic hydroxyl groups excluding tert-OH is 1. The van der Waals surface area contributed by atoms with E-state index in [0.29, 0.717) is 0 Å². The minimum absolute atomic E-state index is 0.0214. The minimum Gasteiger partial charge on any atom is -0.462 e. The van der Waals surface area contributed by atoms with Crippen LogP contribution in [0.4, 0.5) is 0 Å². The van der Waals surface area contributed by atoms with E-state index in [1.807, 2.05) is 0 Å². The van der Waals surface area contributed by atoms with Crippen molar-refractivity contribution in [1.82, 2.24) is 25.3 Å². The molecule has 19 heavy (non-hydrogen) atoms. The topological polar surface area (TPSA) is 134 Å². The first kappa shape index (κ1) is 13.6. The summed E-state index contributed by atoms with van der Waals surface area (Å²) in [6.07, 6.45) is 0. The van der Waals surface area contributed by atoms with Gasteiger partial charge in [-0.2, -0.15) is 5.21 Å². The number of furan rings is 1. The van der Waals surface area contributed by atoms with Gasteiger partial charge in [-0.15, -0.1) is 10.2 Å². The van der Waals surface area contributed by atoms with E-state index in [9.17, 15) is 8.42 Å². The molecule has 0 saturated carbocycles. The van der Waals surface area contributed by atoms with E-state index >= 15 is 0 Å². The van der Waals surface area contributed by atoms with Crippen LogP contribution < -0.4 is 4.72 Å². The lowest BCUT2D eigenvalue weighted by molar-refractivity contribution is 0.244. The summed E-state index contributed by atoms with van der Waals surface area (Å²) >= 11 is 0. The Hall–Kier alpha value is -1.78. The van der Waals surface area contributed by atoms with Gasteiger partial charge in [-0.25, -0.2) is 13.1 Å². The molecule has 2 heterocycles. The van der Waals surface area contributed by atoms with Crippen molar-refractivity contribution in [2.45, 2.75) is 31.4 Å². The molecule has 0 aliphatic rings. The van der Waals surface area contributed by atoms with Crippen LogP contribution in [0, 0.1) is 6.92 Å². The fourth-order valence-electron chi connectivity index (χ4n) is 1.57. The van der Waals surface area contributed by atoms with E-state index < -0.39 is 16.1 Å². The molecule has 1 unspecified atom stereocenters. The molecule has 0 bridgehead atoms. The molecule has 0 aliphatic carbocycles. The van der Waals surface area contributed by atoms with Crippen LogP contribution in [0.1, 0.15) is 30.3 Å². The zero-order valence-electron chi connectivity index (χ0n) is 10.3. The molecule has 9 nitrogen and oxygen atoms in total. The van der Waals surface area contributed by atoms with Crippen LogP contribution in [-0.4, -0.2) is 34.1 Å². The van der Waals surface area contributed by atoms with Gasteiger partial charge >= 0.3 is 0 Å². The lowest BCUT2D eigenvalue weighted by atomic mass is 10.4. The van der Waals surface area contributed by atoms with Gasteiger partial charge in [-0.05, 0) is 13.8 Å². The number of H-pyrrole nitrogens is 1. The van der Waals surface area contributed by atoms with Crippen LogP contribution in [0.25, 0.3) is 0 Å². The van der Waals surface area contributed by atoms with Crippen molar-refractivity contribution in [3.05, 3.63) is 23.4 Å². The van der Waals surface area contributed by atoms with Crippen LogP contribution in [-0.2, 0) is 16.6 Å². The Balaban J connectivity index is 2.25. The van der Waals surface area contributed by atoms with Gasteiger partial charge in [0.25, 0.3) is 0 Å². The van der Waals surface area contributed by atoms with Gasteiger partial charge in [-0.1, -0.05) is 5.21 Å². The summed E-state index contributed by atoms with van der Waals surface area (Å²) in [4.78, 5) is -0.0214. The van der Waals surface area contributed by atoms with Crippen molar-refractivity contribution in [2.75, 3.05) is 0 Å². The van der Waals surface area contributed by atoms with Crippen LogP contribution in [0.2, 0.25) is 0 Å². The number of tetrazole rings is 1. The highest BCUT2D eigenvalue weighted by Gasteiger charge is 2.25. The number of hydrogen-bond acceptors (Lipinski definition) is 7.